The molecule has 0 saturated carbocycles. The van der Waals surface area contributed by atoms with Crippen molar-refractivity contribution >= 4 is 30.9 Å². The molecule has 1 rings (SSSR count). The molecule has 0 heterocycles. The van der Waals surface area contributed by atoms with Crippen molar-refractivity contribution in [2.75, 3.05) is 7.11 Å². The first-order valence-corrected chi connectivity index (χ1v) is 9.12. The second-order valence-corrected chi connectivity index (χ2v) is 8.69. The summed E-state index contributed by atoms with van der Waals surface area (Å²) in [6, 6.07) is 5.49. The Balaban J connectivity index is 3.12. The van der Waals surface area contributed by atoms with E-state index in [0.717, 1.165) is 11.3 Å². The molecule has 0 bridgehead atoms. The summed E-state index contributed by atoms with van der Waals surface area (Å²) in [5.74, 6) is 0.437. The Labute approximate surface area is 125 Å². The second kappa shape index (κ2) is 6.57. The van der Waals surface area contributed by atoms with E-state index in [1.807, 2.05) is 12.1 Å². The third-order valence-corrected chi connectivity index (χ3v) is 6.19. The summed E-state index contributed by atoms with van der Waals surface area (Å²) in [6.07, 6.45) is 0. The van der Waals surface area contributed by atoms with E-state index >= 15 is 0 Å². The van der Waals surface area contributed by atoms with Crippen molar-refractivity contribution in [1.82, 2.24) is 0 Å². The lowest BCUT2D eigenvalue weighted by atomic mass is 10.1. The van der Waals surface area contributed by atoms with E-state index in [2.05, 4.69) is 43.2 Å². The Morgan fingerprint density at radius 1 is 1.37 bits per heavy atom. The summed E-state index contributed by atoms with van der Waals surface area (Å²) in [5, 5.41) is 0.697. The minimum atomic E-state index is -1.01. The van der Waals surface area contributed by atoms with Gasteiger partial charge < -0.3 is 9.16 Å². The SMILES string of the molecule is COC(=O)c1cccc(O[Si](C)C(C)(C)C)c1CBr. The summed E-state index contributed by atoms with van der Waals surface area (Å²) in [6.45, 7) is 8.63. The topological polar surface area (TPSA) is 35.5 Å². The van der Waals surface area contributed by atoms with Gasteiger partial charge in [-0.25, -0.2) is 4.79 Å². The molecule has 1 aromatic rings. The van der Waals surface area contributed by atoms with E-state index in [-0.39, 0.29) is 11.0 Å². The number of methoxy groups -OCH3 is 1. The van der Waals surface area contributed by atoms with Crippen LogP contribution >= 0.6 is 15.9 Å². The second-order valence-electron chi connectivity index (χ2n) is 5.32. The van der Waals surface area contributed by atoms with Crippen LogP contribution in [0.25, 0.3) is 0 Å². The number of hydrogen-bond donors (Lipinski definition) is 0. The van der Waals surface area contributed by atoms with Crippen LogP contribution in [-0.2, 0) is 10.1 Å². The number of rotatable bonds is 4. The summed E-state index contributed by atoms with van der Waals surface area (Å²) in [7, 11) is 0.376. The molecule has 0 amide bonds. The van der Waals surface area contributed by atoms with Crippen LogP contribution in [0.4, 0.5) is 0 Å². The first kappa shape index (κ1) is 16.2. The average Bonchev–Trinajstić information content (AvgIpc) is 2.36. The molecule has 0 aromatic heterocycles. The van der Waals surface area contributed by atoms with Crippen molar-refractivity contribution in [3.8, 4) is 5.75 Å². The highest BCUT2D eigenvalue weighted by Gasteiger charge is 2.27. The summed E-state index contributed by atoms with van der Waals surface area (Å²) < 4.78 is 10.9. The van der Waals surface area contributed by atoms with Crippen molar-refractivity contribution in [3.05, 3.63) is 29.3 Å². The van der Waals surface area contributed by atoms with E-state index in [4.69, 9.17) is 9.16 Å². The van der Waals surface area contributed by atoms with Crippen LogP contribution in [0.5, 0.6) is 5.75 Å². The van der Waals surface area contributed by atoms with Crippen molar-refractivity contribution < 1.29 is 14.0 Å². The van der Waals surface area contributed by atoms with Gasteiger partial charge in [-0.15, -0.1) is 0 Å². The van der Waals surface area contributed by atoms with Crippen molar-refractivity contribution in [3.63, 3.8) is 0 Å². The smallest absolute Gasteiger partial charge is 0.338 e. The van der Waals surface area contributed by atoms with Crippen molar-refractivity contribution in [2.45, 2.75) is 37.7 Å². The van der Waals surface area contributed by atoms with Gasteiger partial charge in [-0.2, -0.15) is 0 Å². The molecule has 0 saturated heterocycles. The molecule has 105 valence electrons. The molecular formula is C14H20BrO3Si. The number of ether oxygens (including phenoxy) is 1. The Morgan fingerprint density at radius 3 is 2.47 bits per heavy atom. The van der Waals surface area contributed by atoms with Crippen LogP contribution < -0.4 is 4.43 Å². The van der Waals surface area contributed by atoms with Gasteiger partial charge in [-0.3, -0.25) is 0 Å². The zero-order valence-electron chi connectivity index (χ0n) is 12.0. The Bertz CT molecular complexity index is 454. The van der Waals surface area contributed by atoms with Gasteiger partial charge in [0.25, 0.3) is 9.04 Å². The zero-order chi connectivity index (χ0) is 14.6. The van der Waals surface area contributed by atoms with Gasteiger partial charge in [0.2, 0.25) is 0 Å². The van der Waals surface area contributed by atoms with Gasteiger partial charge in [0.05, 0.1) is 12.7 Å². The number of esters is 1. The molecule has 0 spiro atoms. The molecule has 0 fully saturated rings. The number of hydrogen-bond acceptors (Lipinski definition) is 3. The van der Waals surface area contributed by atoms with Crippen LogP contribution in [0, 0.1) is 0 Å². The Hall–Kier alpha value is -0.813. The van der Waals surface area contributed by atoms with Gasteiger partial charge in [-0.05, 0) is 23.7 Å². The quantitative estimate of drug-likeness (QED) is 0.467. The number of alkyl halides is 1. The van der Waals surface area contributed by atoms with Crippen LogP contribution in [-0.4, -0.2) is 22.1 Å². The number of carbonyl (C=O) groups is 1. The standard InChI is InChI=1S/C14H20BrO3Si/c1-14(2,3)19(5)18-12-8-6-7-10(11(12)9-15)13(16)17-4/h6-8H,9H2,1-5H3. The van der Waals surface area contributed by atoms with Crippen LogP contribution in [0.1, 0.15) is 36.7 Å². The molecule has 5 heteroatoms. The summed E-state index contributed by atoms with van der Waals surface area (Å²) >= 11 is 3.42. The molecule has 1 aromatic carbocycles. The Morgan fingerprint density at radius 2 is 2.00 bits per heavy atom. The van der Waals surface area contributed by atoms with Gasteiger partial charge >= 0.3 is 5.97 Å². The molecule has 0 aliphatic rings. The molecule has 0 aliphatic carbocycles. The van der Waals surface area contributed by atoms with Gasteiger partial charge in [0.15, 0.2) is 0 Å². The maximum absolute atomic E-state index is 11.7. The lowest BCUT2D eigenvalue weighted by molar-refractivity contribution is 0.0599. The fourth-order valence-corrected chi connectivity index (χ4v) is 2.82. The predicted molar refractivity (Wildman–Crippen MR) is 82.4 cm³/mol. The van der Waals surface area contributed by atoms with Gasteiger partial charge in [0, 0.05) is 10.9 Å². The first-order valence-electron chi connectivity index (χ1n) is 6.09. The molecular weight excluding hydrogens is 324 g/mol. The minimum absolute atomic E-state index is 0.134. The minimum Gasteiger partial charge on any atom is -0.542 e. The van der Waals surface area contributed by atoms with E-state index < -0.39 is 9.04 Å². The zero-order valence-corrected chi connectivity index (χ0v) is 14.6. The third kappa shape index (κ3) is 4.08. The first-order chi connectivity index (χ1) is 8.81. The monoisotopic (exact) mass is 343 g/mol. The van der Waals surface area contributed by atoms with E-state index in [1.54, 1.807) is 6.07 Å². The largest absolute Gasteiger partial charge is 0.542 e. The molecule has 3 nitrogen and oxygen atoms in total. The normalized spacial score (nSPS) is 11.5. The molecule has 1 radical (unpaired) electrons. The number of carbonyl (C=O) groups excluding carboxylic acids is 1. The Kier molecular flexibility index (Phi) is 5.61. The number of benzene rings is 1. The number of halogens is 1. The third-order valence-electron chi connectivity index (χ3n) is 2.99. The van der Waals surface area contributed by atoms with E-state index in [0.29, 0.717) is 10.9 Å². The highest BCUT2D eigenvalue weighted by molar-refractivity contribution is 9.08. The van der Waals surface area contributed by atoms with Crippen LogP contribution in [0.3, 0.4) is 0 Å². The van der Waals surface area contributed by atoms with Gasteiger partial charge in [-0.1, -0.05) is 42.8 Å². The van der Waals surface area contributed by atoms with E-state index in [1.165, 1.54) is 7.11 Å². The lowest BCUT2D eigenvalue weighted by Crippen LogP contribution is -2.29. The molecule has 0 N–H and O–H groups in total. The van der Waals surface area contributed by atoms with Crippen molar-refractivity contribution in [1.29, 1.82) is 0 Å². The molecule has 0 unspecified atom stereocenters. The lowest BCUT2D eigenvalue weighted by Gasteiger charge is -2.26. The predicted octanol–water partition coefficient (Wildman–Crippen LogP) is 4.17. The fraction of sp³-hybridized carbons (Fsp3) is 0.500. The average molecular weight is 344 g/mol. The summed E-state index contributed by atoms with van der Waals surface area (Å²) in [4.78, 5) is 11.7. The fourth-order valence-electron chi connectivity index (χ4n) is 1.42. The highest BCUT2D eigenvalue weighted by Crippen LogP contribution is 2.32. The highest BCUT2D eigenvalue weighted by atomic mass is 79.9. The van der Waals surface area contributed by atoms with Crippen LogP contribution in [0.2, 0.25) is 11.6 Å². The van der Waals surface area contributed by atoms with Crippen molar-refractivity contribution in [2.24, 2.45) is 0 Å². The molecule has 0 aliphatic heterocycles. The van der Waals surface area contributed by atoms with E-state index in [9.17, 15) is 4.79 Å². The molecule has 19 heavy (non-hydrogen) atoms. The molecule has 0 atom stereocenters. The van der Waals surface area contributed by atoms with Gasteiger partial charge in [0.1, 0.15) is 5.75 Å². The van der Waals surface area contributed by atoms with Crippen LogP contribution in [0.15, 0.2) is 18.2 Å². The maximum Gasteiger partial charge on any atom is 0.338 e. The maximum atomic E-state index is 11.7. The summed E-state index contributed by atoms with van der Waals surface area (Å²) in [5.41, 5.74) is 1.41.